The number of halogens is 2. The average molecular weight is 516 g/mol. The zero-order valence-electron chi connectivity index (χ0n) is 19.7. The van der Waals surface area contributed by atoms with Gasteiger partial charge < -0.3 is 24.3 Å². The molecule has 0 unspecified atom stereocenters. The number of hydrogen-bond donors (Lipinski definition) is 1. The Hall–Kier alpha value is -2.56. The normalized spacial score (nSPS) is 22.5. The molecule has 2 aromatic rings. The predicted molar refractivity (Wildman–Crippen MR) is 125 cm³/mol. The molecule has 186 valence electrons. The van der Waals surface area contributed by atoms with Crippen LogP contribution in [-0.4, -0.2) is 57.9 Å². The maximum atomic E-state index is 12.0. The van der Waals surface area contributed by atoms with Gasteiger partial charge in [-0.15, -0.1) is 0 Å². The van der Waals surface area contributed by atoms with Crippen LogP contribution in [0.1, 0.15) is 47.8 Å². The highest BCUT2D eigenvalue weighted by atomic mass is 35.5. The standard InChI is InChI=1S/C22H27Cl2N3O7/c1-10(28)31-9-17-18(32-11(2)29)19(33-12(3)30)20(34-17)27-16-8-14(24)13(23)7-15(16)25-21(27)26-22(4,5)6/h7-8,17-20H,9H2,1-6H3,(H,25,26)/t17-,18-,19-,20-/m0/s1. The Morgan fingerprint density at radius 2 is 1.62 bits per heavy atom. The van der Waals surface area contributed by atoms with Crippen LogP contribution in [0.2, 0.25) is 10.0 Å². The second-order valence-corrected chi connectivity index (χ2v) is 9.77. The SMILES string of the molecule is CC(=O)OC[C@@H]1O[C@H](n2c(NC(C)(C)C)nc3cc(Cl)c(Cl)cc32)[C@@H](OC(C)=O)[C@H]1OC(C)=O. The minimum atomic E-state index is -1.07. The molecule has 0 spiro atoms. The van der Waals surface area contributed by atoms with Crippen LogP contribution in [-0.2, 0) is 33.3 Å². The zero-order chi connectivity index (χ0) is 25.4. The van der Waals surface area contributed by atoms with Crippen molar-refractivity contribution >= 4 is 58.1 Å². The lowest BCUT2D eigenvalue weighted by Crippen LogP contribution is -2.40. The summed E-state index contributed by atoms with van der Waals surface area (Å²) in [6.07, 6.45) is -4.03. The number of anilines is 1. The number of rotatable bonds is 6. The molecule has 1 aliphatic heterocycles. The van der Waals surface area contributed by atoms with Gasteiger partial charge in [-0.05, 0) is 32.9 Å². The summed E-state index contributed by atoms with van der Waals surface area (Å²) >= 11 is 12.5. The Balaban J connectivity index is 2.18. The second-order valence-electron chi connectivity index (χ2n) is 8.95. The van der Waals surface area contributed by atoms with Gasteiger partial charge in [-0.25, -0.2) is 4.98 Å². The first-order chi connectivity index (χ1) is 15.8. The number of ether oxygens (including phenoxy) is 4. The van der Waals surface area contributed by atoms with E-state index in [4.69, 9.17) is 42.1 Å². The molecule has 1 aromatic carbocycles. The summed E-state index contributed by atoms with van der Waals surface area (Å²) in [5.74, 6) is -1.38. The molecule has 0 saturated carbocycles. The number of fused-ring (bicyclic) bond motifs is 1. The lowest BCUT2D eigenvalue weighted by molar-refractivity contribution is -0.166. The molecule has 1 N–H and O–H groups in total. The van der Waals surface area contributed by atoms with Gasteiger partial charge >= 0.3 is 17.9 Å². The van der Waals surface area contributed by atoms with E-state index >= 15 is 0 Å². The Labute approximate surface area is 206 Å². The van der Waals surface area contributed by atoms with E-state index in [1.54, 1.807) is 16.7 Å². The van der Waals surface area contributed by atoms with Crippen molar-refractivity contribution in [2.75, 3.05) is 11.9 Å². The third kappa shape index (κ3) is 5.92. The maximum Gasteiger partial charge on any atom is 0.303 e. The Morgan fingerprint density at radius 3 is 2.18 bits per heavy atom. The molecule has 3 rings (SSSR count). The molecule has 34 heavy (non-hydrogen) atoms. The molecule has 0 bridgehead atoms. The Bertz CT molecular complexity index is 1110. The smallest absolute Gasteiger partial charge is 0.303 e. The predicted octanol–water partition coefficient (Wildman–Crippen LogP) is 3.88. The molecule has 10 nitrogen and oxygen atoms in total. The van der Waals surface area contributed by atoms with Crippen LogP contribution in [0, 0.1) is 0 Å². The molecular weight excluding hydrogens is 489 g/mol. The van der Waals surface area contributed by atoms with Gasteiger partial charge in [0, 0.05) is 26.3 Å². The topological polar surface area (TPSA) is 118 Å². The number of nitrogens with one attached hydrogen (secondary N) is 1. The number of hydrogen-bond acceptors (Lipinski definition) is 9. The van der Waals surface area contributed by atoms with E-state index in [2.05, 4.69) is 10.3 Å². The highest BCUT2D eigenvalue weighted by Gasteiger charge is 2.51. The Morgan fingerprint density at radius 1 is 1.03 bits per heavy atom. The summed E-state index contributed by atoms with van der Waals surface area (Å²) in [7, 11) is 0. The van der Waals surface area contributed by atoms with Crippen molar-refractivity contribution in [1.29, 1.82) is 0 Å². The van der Waals surface area contributed by atoms with E-state index in [0.29, 0.717) is 22.0 Å². The quantitative estimate of drug-likeness (QED) is 0.451. The number of aromatic nitrogens is 2. The zero-order valence-corrected chi connectivity index (χ0v) is 21.2. The van der Waals surface area contributed by atoms with Crippen molar-refractivity contribution in [2.45, 2.75) is 71.6 Å². The number of carbonyl (C=O) groups excluding carboxylic acids is 3. The number of nitrogens with zero attached hydrogens (tertiary/aromatic N) is 2. The van der Waals surface area contributed by atoms with Crippen molar-refractivity contribution in [3.8, 4) is 0 Å². The van der Waals surface area contributed by atoms with E-state index in [0.717, 1.165) is 0 Å². The summed E-state index contributed by atoms with van der Waals surface area (Å²) in [6, 6.07) is 3.23. The van der Waals surface area contributed by atoms with Crippen LogP contribution in [0.4, 0.5) is 5.95 Å². The van der Waals surface area contributed by atoms with Crippen LogP contribution < -0.4 is 5.32 Å². The van der Waals surface area contributed by atoms with Crippen LogP contribution in [0.5, 0.6) is 0 Å². The summed E-state index contributed by atoms with van der Waals surface area (Å²) in [5, 5.41) is 3.90. The summed E-state index contributed by atoms with van der Waals surface area (Å²) in [5.41, 5.74) is 0.645. The van der Waals surface area contributed by atoms with Crippen LogP contribution in [0.25, 0.3) is 11.0 Å². The molecule has 4 atom stereocenters. The highest BCUT2D eigenvalue weighted by Crippen LogP contribution is 2.40. The lowest BCUT2D eigenvalue weighted by Gasteiger charge is -2.27. The summed E-state index contributed by atoms with van der Waals surface area (Å²) in [6.45, 7) is 9.32. The molecule has 0 aliphatic carbocycles. The summed E-state index contributed by atoms with van der Waals surface area (Å²) in [4.78, 5) is 39.9. The van der Waals surface area contributed by atoms with Crippen molar-refractivity contribution in [1.82, 2.24) is 9.55 Å². The maximum absolute atomic E-state index is 12.0. The van der Waals surface area contributed by atoms with Gasteiger partial charge in [0.1, 0.15) is 12.7 Å². The van der Waals surface area contributed by atoms with Crippen molar-refractivity contribution in [2.24, 2.45) is 0 Å². The molecule has 0 amide bonds. The number of imidazole rings is 1. The van der Waals surface area contributed by atoms with Gasteiger partial charge in [0.05, 0.1) is 21.1 Å². The first kappa shape index (κ1) is 26.1. The minimum absolute atomic E-state index is 0.219. The van der Waals surface area contributed by atoms with E-state index in [1.165, 1.54) is 20.8 Å². The van der Waals surface area contributed by atoms with Crippen molar-refractivity contribution < 1.29 is 33.3 Å². The third-order valence-electron chi connectivity index (χ3n) is 4.81. The van der Waals surface area contributed by atoms with E-state index in [9.17, 15) is 14.4 Å². The minimum Gasteiger partial charge on any atom is -0.463 e. The molecule has 1 saturated heterocycles. The van der Waals surface area contributed by atoms with Gasteiger partial charge in [-0.1, -0.05) is 23.2 Å². The second kappa shape index (κ2) is 9.97. The largest absolute Gasteiger partial charge is 0.463 e. The summed E-state index contributed by atoms with van der Waals surface area (Å²) < 4.78 is 24.0. The van der Waals surface area contributed by atoms with E-state index in [1.807, 2.05) is 20.8 Å². The van der Waals surface area contributed by atoms with Crippen LogP contribution in [0.15, 0.2) is 12.1 Å². The Kier molecular flexibility index (Phi) is 7.64. The lowest BCUT2D eigenvalue weighted by atomic mass is 10.1. The third-order valence-corrected chi connectivity index (χ3v) is 5.54. The molecule has 1 fully saturated rings. The first-order valence-electron chi connectivity index (χ1n) is 10.5. The van der Waals surface area contributed by atoms with Gasteiger partial charge in [0.15, 0.2) is 18.4 Å². The highest BCUT2D eigenvalue weighted by molar-refractivity contribution is 6.42. The number of carbonyl (C=O) groups is 3. The number of benzene rings is 1. The van der Waals surface area contributed by atoms with Gasteiger partial charge in [0.2, 0.25) is 5.95 Å². The van der Waals surface area contributed by atoms with Crippen LogP contribution in [0.3, 0.4) is 0 Å². The molecule has 0 radical (unpaired) electrons. The van der Waals surface area contributed by atoms with Crippen molar-refractivity contribution in [3.63, 3.8) is 0 Å². The number of esters is 3. The fourth-order valence-corrected chi connectivity index (χ4v) is 3.99. The fourth-order valence-electron chi connectivity index (χ4n) is 3.67. The van der Waals surface area contributed by atoms with Gasteiger partial charge in [-0.2, -0.15) is 0 Å². The van der Waals surface area contributed by atoms with Crippen LogP contribution >= 0.6 is 23.2 Å². The first-order valence-corrected chi connectivity index (χ1v) is 11.3. The van der Waals surface area contributed by atoms with E-state index in [-0.39, 0.29) is 11.6 Å². The van der Waals surface area contributed by atoms with E-state index < -0.39 is 48.0 Å². The van der Waals surface area contributed by atoms with Gasteiger partial charge in [0.25, 0.3) is 0 Å². The molecule has 12 heteroatoms. The average Bonchev–Trinajstić information content (AvgIpc) is 3.16. The fraction of sp³-hybridized carbons (Fsp3) is 0.545. The monoisotopic (exact) mass is 515 g/mol. The van der Waals surface area contributed by atoms with Crippen molar-refractivity contribution in [3.05, 3.63) is 22.2 Å². The molecule has 1 aliphatic rings. The molecular formula is C22H27Cl2N3O7. The molecule has 2 heterocycles. The molecule has 1 aromatic heterocycles. The van der Waals surface area contributed by atoms with Gasteiger partial charge in [-0.3, -0.25) is 19.0 Å².